The van der Waals surface area contributed by atoms with Crippen LogP contribution in [-0.2, 0) is 11.8 Å². The standard InChI is InChI=1S/C22H24BrN5O2S/c1-13-6-5-7-16(10-13)21(30)24-15(3)20-26-27-22(28(20)4)31-12-19(29)25-18-9-8-17(23)11-14(18)2/h5-11,15H,12H2,1-4H3,(H,24,30)(H,25,29)/t15-/m0/s1. The van der Waals surface area contributed by atoms with Crippen LogP contribution in [0.4, 0.5) is 5.69 Å². The van der Waals surface area contributed by atoms with Gasteiger partial charge in [-0.05, 0) is 56.7 Å². The summed E-state index contributed by atoms with van der Waals surface area (Å²) in [4.78, 5) is 24.9. The second-order valence-corrected chi connectivity index (χ2v) is 9.12. The number of hydrogen-bond donors (Lipinski definition) is 2. The molecule has 162 valence electrons. The Morgan fingerprint density at radius 3 is 2.65 bits per heavy atom. The van der Waals surface area contributed by atoms with Gasteiger partial charge in [-0.2, -0.15) is 0 Å². The molecule has 3 aromatic rings. The van der Waals surface area contributed by atoms with E-state index in [1.165, 1.54) is 11.8 Å². The number of anilines is 1. The highest BCUT2D eigenvalue weighted by Crippen LogP contribution is 2.22. The Morgan fingerprint density at radius 2 is 1.94 bits per heavy atom. The van der Waals surface area contributed by atoms with E-state index in [-0.39, 0.29) is 23.6 Å². The minimum absolute atomic E-state index is 0.124. The van der Waals surface area contributed by atoms with Crippen LogP contribution in [0.1, 0.15) is 40.3 Å². The Bertz CT molecular complexity index is 1120. The Hall–Kier alpha value is -2.65. The smallest absolute Gasteiger partial charge is 0.251 e. The molecule has 0 saturated heterocycles. The van der Waals surface area contributed by atoms with Gasteiger partial charge in [0.15, 0.2) is 11.0 Å². The summed E-state index contributed by atoms with van der Waals surface area (Å²) in [5.41, 5.74) is 3.38. The molecule has 0 radical (unpaired) electrons. The van der Waals surface area contributed by atoms with Gasteiger partial charge in [0.05, 0.1) is 11.8 Å². The van der Waals surface area contributed by atoms with Crippen molar-refractivity contribution in [2.24, 2.45) is 7.05 Å². The molecule has 31 heavy (non-hydrogen) atoms. The fraction of sp³-hybridized carbons (Fsp3) is 0.273. The van der Waals surface area contributed by atoms with E-state index in [1.807, 2.05) is 64.2 Å². The summed E-state index contributed by atoms with van der Waals surface area (Å²) in [7, 11) is 1.82. The maximum absolute atomic E-state index is 12.5. The van der Waals surface area contributed by atoms with Gasteiger partial charge in [-0.1, -0.05) is 45.4 Å². The summed E-state index contributed by atoms with van der Waals surface area (Å²) in [5.74, 6) is 0.525. The van der Waals surface area contributed by atoms with Gasteiger partial charge in [-0.15, -0.1) is 10.2 Å². The topological polar surface area (TPSA) is 88.9 Å². The summed E-state index contributed by atoms with van der Waals surface area (Å²) in [5, 5.41) is 14.8. The lowest BCUT2D eigenvalue weighted by Crippen LogP contribution is -2.28. The van der Waals surface area contributed by atoms with Crippen molar-refractivity contribution in [3.05, 3.63) is 69.5 Å². The van der Waals surface area contributed by atoms with E-state index < -0.39 is 0 Å². The fourth-order valence-electron chi connectivity index (χ4n) is 3.04. The molecule has 0 saturated carbocycles. The van der Waals surface area contributed by atoms with E-state index >= 15 is 0 Å². The average Bonchev–Trinajstić information content (AvgIpc) is 3.09. The van der Waals surface area contributed by atoms with Crippen LogP contribution in [0, 0.1) is 13.8 Å². The van der Waals surface area contributed by atoms with Crippen LogP contribution in [0.2, 0.25) is 0 Å². The van der Waals surface area contributed by atoms with E-state index in [0.717, 1.165) is 21.3 Å². The Morgan fingerprint density at radius 1 is 1.16 bits per heavy atom. The number of hydrogen-bond acceptors (Lipinski definition) is 5. The van der Waals surface area contributed by atoms with E-state index in [9.17, 15) is 9.59 Å². The third-order valence-corrected chi connectivity index (χ3v) is 6.19. The number of nitrogens with zero attached hydrogens (tertiary/aromatic N) is 3. The molecule has 9 heteroatoms. The number of aromatic nitrogens is 3. The van der Waals surface area contributed by atoms with Crippen molar-refractivity contribution in [1.82, 2.24) is 20.1 Å². The second-order valence-electron chi connectivity index (χ2n) is 7.26. The molecule has 0 bridgehead atoms. The lowest BCUT2D eigenvalue weighted by Gasteiger charge is -2.14. The second kappa shape index (κ2) is 10.1. The first-order chi connectivity index (χ1) is 14.7. The molecule has 0 spiro atoms. The van der Waals surface area contributed by atoms with Crippen LogP contribution >= 0.6 is 27.7 Å². The third kappa shape index (κ3) is 5.95. The SMILES string of the molecule is Cc1cccc(C(=O)N[C@@H](C)c2nnc(SCC(=O)Nc3ccc(Br)cc3C)n2C)c1. The molecule has 3 rings (SSSR count). The first kappa shape index (κ1) is 23.0. The number of rotatable bonds is 7. The number of halogens is 1. The van der Waals surface area contributed by atoms with Crippen molar-refractivity contribution >= 4 is 45.2 Å². The summed E-state index contributed by atoms with van der Waals surface area (Å²) >= 11 is 4.71. The Labute approximate surface area is 194 Å². The van der Waals surface area contributed by atoms with Gasteiger partial charge in [0.1, 0.15) is 0 Å². The predicted molar refractivity (Wildman–Crippen MR) is 126 cm³/mol. The molecule has 7 nitrogen and oxygen atoms in total. The summed E-state index contributed by atoms with van der Waals surface area (Å²) in [6.07, 6.45) is 0. The number of carbonyl (C=O) groups is 2. The van der Waals surface area contributed by atoms with Crippen molar-refractivity contribution in [2.75, 3.05) is 11.1 Å². The van der Waals surface area contributed by atoms with Crippen molar-refractivity contribution in [2.45, 2.75) is 32.0 Å². The minimum atomic E-state index is -0.334. The number of thioether (sulfide) groups is 1. The zero-order valence-corrected chi connectivity index (χ0v) is 20.2. The van der Waals surface area contributed by atoms with Crippen LogP contribution in [0.5, 0.6) is 0 Å². The number of carbonyl (C=O) groups excluding carboxylic acids is 2. The van der Waals surface area contributed by atoms with Gasteiger partial charge >= 0.3 is 0 Å². The Balaban J connectivity index is 1.59. The van der Waals surface area contributed by atoms with Crippen LogP contribution in [0.25, 0.3) is 0 Å². The van der Waals surface area contributed by atoms with Crippen molar-refractivity contribution in [1.29, 1.82) is 0 Å². The third-order valence-electron chi connectivity index (χ3n) is 4.68. The van der Waals surface area contributed by atoms with Gasteiger partial charge in [-0.3, -0.25) is 9.59 Å². The molecule has 2 amide bonds. The molecule has 0 aliphatic heterocycles. The maximum Gasteiger partial charge on any atom is 0.251 e. The molecule has 2 aromatic carbocycles. The predicted octanol–water partition coefficient (Wildman–Crippen LogP) is 4.42. The van der Waals surface area contributed by atoms with Gasteiger partial charge in [0.25, 0.3) is 5.91 Å². The van der Waals surface area contributed by atoms with E-state index in [2.05, 4.69) is 36.8 Å². The minimum Gasteiger partial charge on any atom is -0.342 e. The number of benzene rings is 2. The normalized spacial score (nSPS) is 11.8. The molecule has 0 aliphatic carbocycles. The summed E-state index contributed by atoms with van der Waals surface area (Å²) in [6.45, 7) is 5.74. The highest BCUT2D eigenvalue weighted by molar-refractivity contribution is 9.10. The highest BCUT2D eigenvalue weighted by Gasteiger charge is 2.19. The van der Waals surface area contributed by atoms with Crippen molar-refractivity contribution < 1.29 is 9.59 Å². The quantitative estimate of drug-likeness (QED) is 0.467. The first-order valence-corrected chi connectivity index (χ1v) is 11.5. The average molecular weight is 502 g/mol. The monoisotopic (exact) mass is 501 g/mol. The van der Waals surface area contributed by atoms with E-state index in [0.29, 0.717) is 16.5 Å². The zero-order valence-electron chi connectivity index (χ0n) is 17.8. The molecule has 0 fully saturated rings. The van der Waals surface area contributed by atoms with Gasteiger partial charge < -0.3 is 15.2 Å². The van der Waals surface area contributed by atoms with E-state index in [4.69, 9.17) is 0 Å². The molecule has 1 heterocycles. The van der Waals surface area contributed by atoms with Crippen LogP contribution in [-0.4, -0.2) is 32.3 Å². The number of nitrogens with one attached hydrogen (secondary N) is 2. The van der Waals surface area contributed by atoms with Crippen molar-refractivity contribution in [3.8, 4) is 0 Å². The molecule has 0 unspecified atom stereocenters. The van der Waals surface area contributed by atoms with Crippen molar-refractivity contribution in [3.63, 3.8) is 0 Å². The maximum atomic E-state index is 12.5. The molecule has 1 aromatic heterocycles. The number of aryl methyl sites for hydroxylation is 2. The van der Waals surface area contributed by atoms with Crippen LogP contribution in [0.3, 0.4) is 0 Å². The molecule has 2 N–H and O–H groups in total. The van der Waals surface area contributed by atoms with Crippen LogP contribution in [0.15, 0.2) is 52.1 Å². The van der Waals surface area contributed by atoms with Gasteiger partial charge in [0, 0.05) is 22.8 Å². The summed E-state index contributed by atoms with van der Waals surface area (Å²) in [6, 6.07) is 12.8. The molecule has 0 aliphatic rings. The lowest BCUT2D eigenvalue weighted by atomic mass is 10.1. The highest BCUT2D eigenvalue weighted by atomic mass is 79.9. The lowest BCUT2D eigenvalue weighted by molar-refractivity contribution is -0.113. The zero-order chi connectivity index (χ0) is 22.5. The van der Waals surface area contributed by atoms with E-state index in [1.54, 1.807) is 10.6 Å². The first-order valence-electron chi connectivity index (χ1n) is 9.70. The van der Waals surface area contributed by atoms with Gasteiger partial charge in [0.2, 0.25) is 5.91 Å². The molecule has 1 atom stereocenters. The van der Waals surface area contributed by atoms with Gasteiger partial charge in [-0.25, -0.2) is 0 Å². The molecular formula is C22H24BrN5O2S. The fourth-order valence-corrected chi connectivity index (χ4v) is 4.24. The molecular weight excluding hydrogens is 478 g/mol. The number of amides is 2. The van der Waals surface area contributed by atoms with Crippen LogP contribution < -0.4 is 10.6 Å². The Kier molecular flexibility index (Phi) is 7.50. The summed E-state index contributed by atoms with van der Waals surface area (Å²) < 4.78 is 2.76. The largest absolute Gasteiger partial charge is 0.342 e.